The second kappa shape index (κ2) is 12.3. The van der Waals surface area contributed by atoms with Gasteiger partial charge in [0.1, 0.15) is 17.4 Å². The molecule has 1 amide bonds. The number of nitrogens with two attached hydrogens (primary N) is 1. The summed E-state index contributed by atoms with van der Waals surface area (Å²) in [5.41, 5.74) is 7.98. The highest BCUT2D eigenvalue weighted by atomic mass is 19.4. The zero-order valence-corrected chi connectivity index (χ0v) is 22.1. The van der Waals surface area contributed by atoms with E-state index in [9.17, 15) is 23.1 Å². The monoisotopic (exact) mass is 540 g/mol. The van der Waals surface area contributed by atoms with Crippen molar-refractivity contribution in [3.63, 3.8) is 0 Å². The predicted octanol–water partition coefficient (Wildman–Crippen LogP) is 5.82. The third-order valence-electron chi connectivity index (χ3n) is 5.58. The Bertz CT molecular complexity index is 1380. The van der Waals surface area contributed by atoms with Crippen LogP contribution in [0.15, 0.2) is 70.6 Å². The summed E-state index contributed by atoms with van der Waals surface area (Å²) in [5.74, 6) is 0.887. The first-order valence-corrected chi connectivity index (χ1v) is 12.0. The molecule has 39 heavy (non-hydrogen) atoms. The lowest BCUT2D eigenvalue weighted by Crippen LogP contribution is -2.23. The first kappa shape index (κ1) is 29.0. The molecule has 0 aliphatic rings. The molecule has 206 valence electrons. The Morgan fingerprint density at radius 3 is 2.26 bits per heavy atom. The number of carbonyl (C=O) groups excluding carboxylic acids is 1. The van der Waals surface area contributed by atoms with Gasteiger partial charge in [-0.15, -0.1) is 0 Å². The first-order chi connectivity index (χ1) is 18.3. The van der Waals surface area contributed by atoms with Crippen molar-refractivity contribution in [1.82, 2.24) is 4.90 Å². The van der Waals surface area contributed by atoms with Gasteiger partial charge in [-0.3, -0.25) is 9.79 Å². The fraction of sp³-hybridized carbons (Fsp3) is 0.250. The van der Waals surface area contributed by atoms with E-state index in [1.54, 1.807) is 46.1 Å². The van der Waals surface area contributed by atoms with E-state index in [4.69, 9.17) is 5.73 Å². The van der Waals surface area contributed by atoms with Gasteiger partial charge in [-0.2, -0.15) is 13.2 Å². The van der Waals surface area contributed by atoms with Crippen LogP contribution in [0.5, 0.6) is 5.75 Å². The van der Waals surface area contributed by atoms with E-state index in [2.05, 4.69) is 20.6 Å². The molecule has 0 fully saturated rings. The molecule has 0 unspecified atom stereocenters. The molecule has 0 aliphatic heterocycles. The molecule has 8 nitrogen and oxygen atoms in total. The first-order valence-electron chi connectivity index (χ1n) is 12.0. The van der Waals surface area contributed by atoms with Crippen LogP contribution in [0.3, 0.4) is 0 Å². The number of nitrogen functional groups attached to an aromatic ring is 1. The number of rotatable bonds is 7. The summed E-state index contributed by atoms with van der Waals surface area (Å²) in [6.07, 6.45) is -4.39. The number of hydrogen-bond acceptors (Lipinski definition) is 5. The van der Waals surface area contributed by atoms with E-state index >= 15 is 0 Å². The highest BCUT2D eigenvalue weighted by Gasteiger charge is 2.31. The predicted molar refractivity (Wildman–Crippen MR) is 150 cm³/mol. The molecule has 0 radical (unpaired) electrons. The molecule has 3 aromatic carbocycles. The van der Waals surface area contributed by atoms with Gasteiger partial charge in [-0.25, -0.2) is 4.99 Å². The van der Waals surface area contributed by atoms with E-state index in [-0.39, 0.29) is 30.3 Å². The number of alkyl halides is 3. The Morgan fingerprint density at radius 2 is 1.62 bits per heavy atom. The standard InChI is InChI=1S/C28H31F3N6O2/c1-17(33-16-19-11-21(28(29,30)31)15-22(32)12-19)34-18(2)35-23-5-7-24(8-6-23)36-25-9-10-26(38)20(13-25)14-27(39)37(3)4/h5-13,15,36,38H,14,16,32H2,1-4H3,(H,33,34,35). The number of nitrogens with zero attached hydrogens (tertiary/aromatic N) is 3. The molecule has 5 N–H and O–H groups in total. The van der Waals surface area contributed by atoms with E-state index in [1.807, 2.05) is 24.3 Å². The maximum atomic E-state index is 13.0. The van der Waals surface area contributed by atoms with E-state index in [0.717, 1.165) is 29.2 Å². The third-order valence-corrected chi connectivity index (χ3v) is 5.58. The molecule has 0 saturated heterocycles. The van der Waals surface area contributed by atoms with Crippen LogP contribution >= 0.6 is 0 Å². The average molecular weight is 541 g/mol. The van der Waals surface area contributed by atoms with Gasteiger partial charge < -0.3 is 26.4 Å². The minimum atomic E-state index is -4.48. The second-order valence-corrected chi connectivity index (χ2v) is 9.16. The van der Waals surface area contributed by atoms with E-state index in [1.165, 1.54) is 11.0 Å². The number of benzene rings is 3. The number of halogens is 3. The number of aromatic hydroxyl groups is 1. The summed E-state index contributed by atoms with van der Waals surface area (Å²) >= 11 is 0. The maximum absolute atomic E-state index is 13.0. The van der Waals surface area contributed by atoms with Gasteiger partial charge in [-0.1, -0.05) is 0 Å². The van der Waals surface area contributed by atoms with Gasteiger partial charge in [0.15, 0.2) is 0 Å². The minimum Gasteiger partial charge on any atom is -0.508 e. The topological polar surface area (TPSA) is 115 Å². The molecule has 0 aliphatic carbocycles. The summed E-state index contributed by atoms with van der Waals surface area (Å²) in [5, 5.41) is 16.5. The molecule has 3 rings (SSSR count). The van der Waals surface area contributed by atoms with Crippen molar-refractivity contribution in [3.8, 4) is 5.75 Å². The van der Waals surface area contributed by atoms with Crippen molar-refractivity contribution in [3.05, 3.63) is 77.4 Å². The summed E-state index contributed by atoms with van der Waals surface area (Å²) in [4.78, 5) is 22.1. The number of phenols is 1. The second-order valence-electron chi connectivity index (χ2n) is 9.16. The van der Waals surface area contributed by atoms with Gasteiger partial charge in [0, 0.05) is 42.4 Å². The zero-order chi connectivity index (χ0) is 28.7. The Balaban J connectivity index is 1.61. The van der Waals surface area contributed by atoms with Gasteiger partial charge in [0.2, 0.25) is 5.91 Å². The summed E-state index contributed by atoms with van der Waals surface area (Å²) < 4.78 is 39.0. The van der Waals surface area contributed by atoms with Crippen molar-refractivity contribution >= 4 is 40.3 Å². The number of amides is 1. The zero-order valence-electron chi connectivity index (χ0n) is 22.1. The van der Waals surface area contributed by atoms with Crippen molar-refractivity contribution in [2.24, 2.45) is 9.98 Å². The highest BCUT2D eigenvalue weighted by molar-refractivity contribution is 6.01. The molecule has 3 aromatic rings. The largest absolute Gasteiger partial charge is 0.508 e. The SMILES string of the molecule is CC(=NCc1cc(N)cc(C(F)(F)F)c1)N=C(C)Nc1ccc(Nc2ccc(O)c(CC(=O)N(C)C)c2)cc1. The van der Waals surface area contributed by atoms with Crippen LogP contribution in [0, 0.1) is 0 Å². The van der Waals surface area contributed by atoms with Gasteiger partial charge >= 0.3 is 6.18 Å². The highest BCUT2D eigenvalue weighted by Crippen LogP contribution is 2.31. The average Bonchev–Trinajstić information content (AvgIpc) is 2.85. The molecule has 0 spiro atoms. The number of nitrogens with one attached hydrogen (secondary N) is 2. The number of amidine groups is 2. The number of aliphatic imine (C=N–C) groups is 2. The van der Waals surface area contributed by atoms with E-state index < -0.39 is 11.7 Å². The smallest absolute Gasteiger partial charge is 0.416 e. The fourth-order valence-electron chi connectivity index (χ4n) is 3.62. The quantitative estimate of drug-likeness (QED) is 0.131. The Hall–Kier alpha value is -4.54. The van der Waals surface area contributed by atoms with Crippen molar-refractivity contribution < 1.29 is 23.1 Å². The number of hydrogen-bond donors (Lipinski definition) is 4. The summed E-state index contributed by atoms with van der Waals surface area (Å²) in [7, 11) is 3.32. The lowest BCUT2D eigenvalue weighted by atomic mass is 10.1. The lowest BCUT2D eigenvalue weighted by molar-refractivity contribution is -0.137. The third kappa shape index (κ3) is 8.77. The van der Waals surface area contributed by atoms with Crippen LogP contribution in [0.25, 0.3) is 0 Å². The molecular weight excluding hydrogens is 509 g/mol. The minimum absolute atomic E-state index is 0.0133. The van der Waals surface area contributed by atoms with Crippen LogP contribution in [0.4, 0.5) is 35.9 Å². The molecule has 0 bridgehead atoms. The van der Waals surface area contributed by atoms with Crippen molar-refractivity contribution in [2.45, 2.75) is 33.0 Å². The van der Waals surface area contributed by atoms with Crippen LogP contribution in [-0.2, 0) is 23.9 Å². The van der Waals surface area contributed by atoms with Crippen LogP contribution in [0.1, 0.15) is 30.5 Å². The number of phenolic OH excluding ortho intramolecular Hbond substituents is 1. The van der Waals surface area contributed by atoms with Gasteiger partial charge in [-0.05, 0) is 80.1 Å². The van der Waals surface area contributed by atoms with Crippen molar-refractivity contribution in [2.75, 3.05) is 30.5 Å². The summed E-state index contributed by atoms with van der Waals surface area (Å²) in [6, 6.07) is 15.8. The van der Waals surface area contributed by atoms with Crippen molar-refractivity contribution in [1.29, 1.82) is 0 Å². The Kier molecular flexibility index (Phi) is 9.18. The molecule has 0 aromatic heterocycles. The normalized spacial score (nSPS) is 12.3. The fourth-order valence-corrected chi connectivity index (χ4v) is 3.62. The van der Waals surface area contributed by atoms with Crippen LogP contribution < -0.4 is 16.4 Å². The molecule has 0 atom stereocenters. The maximum Gasteiger partial charge on any atom is 0.416 e. The van der Waals surface area contributed by atoms with E-state index in [0.29, 0.717) is 22.8 Å². The Labute approximate surface area is 225 Å². The molecule has 0 heterocycles. The number of anilines is 4. The van der Waals surface area contributed by atoms with Crippen LogP contribution in [0.2, 0.25) is 0 Å². The molecule has 0 saturated carbocycles. The molecular formula is C28H31F3N6O2. The number of carbonyl (C=O) groups is 1. The number of likely N-dealkylation sites (N-methyl/N-ethyl adjacent to an activating group) is 1. The van der Waals surface area contributed by atoms with Gasteiger partial charge in [0.05, 0.1) is 18.5 Å². The molecule has 11 heteroatoms. The van der Waals surface area contributed by atoms with Crippen LogP contribution in [-0.4, -0.2) is 41.7 Å². The summed E-state index contributed by atoms with van der Waals surface area (Å²) in [6.45, 7) is 3.42. The Morgan fingerprint density at radius 1 is 0.974 bits per heavy atom. The van der Waals surface area contributed by atoms with Gasteiger partial charge in [0.25, 0.3) is 0 Å². The lowest BCUT2D eigenvalue weighted by Gasteiger charge is -2.13.